The van der Waals surface area contributed by atoms with Crippen molar-refractivity contribution < 1.29 is 0 Å². The number of piperazine rings is 1. The van der Waals surface area contributed by atoms with Gasteiger partial charge in [0.1, 0.15) is 0 Å². The number of hydrogen-bond donors (Lipinski definition) is 1. The van der Waals surface area contributed by atoms with E-state index < -0.39 is 0 Å². The third kappa shape index (κ3) is 2.47. The van der Waals surface area contributed by atoms with Gasteiger partial charge in [-0.1, -0.05) is 13.3 Å². The van der Waals surface area contributed by atoms with E-state index in [4.69, 9.17) is 0 Å². The van der Waals surface area contributed by atoms with Crippen molar-refractivity contribution in [3.63, 3.8) is 0 Å². The summed E-state index contributed by atoms with van der Waals surface area (Å²) >= 11 is 0. The topological polar surface area (TPSA) is 15.3 Å². The molecule has 0 aromatic heterocycles. The maximum atomic E-state index is 3.95. The first-order valence-electron chi connectivity index (χ1n) is 8.51. The molecule has 110 valence electrons. The minimum atomic E-state index is 0.385. The molecule has 2 heteroatoms. The molecule has 1 aliphatic heterocycles. The number of nitrogens with zero attached hydrogens (tertiary/aromatic N) is 1. The summed E-state index contributed by atoms with van der Waals surface area (Å²) in [5.74, 6) is 1.88. The Bertz CT molecular complexity index is 334. The Morgan fingerprint density at radius 3 is 2.32 bits per heavy atom. The van der Waals surface area contributed by atoms with E-state index in [2.05, 4.69) is 37.9 Å². The fourth-order valence-corrected chi connectivity index (χ4v) is 4.38. The quantitative estimate of drug-likeness (QED) is 0.818. The van der Waals surface area contributed by atoms with Crippen LogP contribution in [0.5, 0.6) is 0 Å². The minimum Gasteiger partial charge on any atom is -0.308 e. The van der Waals surface area contributed by atoms with Crippen LogP contribution >= 0.6 is 0 Å². The first-order chi connectivity index (χ1) is 8.99. The number of hydrogen-bond acceptors (Lipinski definition) is 2. The molecule has 2 nitrogen and oxygen atoms in total. The van der Waals surface area contributed by atoms with Gasteiger partial charge in [-0.2, -0.15) is 0 Å². The summed E-state index contributed by atoms with van der Waals surface area (Å²) in [4.78, 5) is 2.89. The average molecular weight is 264 g/mol. The Labute approximate surface area is 119 Å². The van der Waals surface area contributed by atoms with Crippen LogP contribution in [0, 0.1) is 11.8 Å². The highest BCUT2D eigenvalue weighted by atomic mass is 15.3. The van der Waals surface area contributed by atoms with E-state index >= 15 is 0 Å². The Kier molecular flexibility index (Phi) is 3.46. The van der Waals surface area contributed by atoms with Gasteiger partial charge in [0.15, 0.2) is 0 Å². The van der Waals surface area contributed by atoms with Gasteiger partial charge in [-0.05, 0) is 64.7 Å². The van der Waals surface area contributed by atoms with E-state index in [0.717, 1.165) is 17.9 Å². The van der Waals surface area contributed by atoms with Gasteiger partial charge in [-0.15, -0.1) is 0 Å². The molecular formula is C17H32N2. The van der Waals surface area contributed by atoms with Gasteiger partial charge >= 0.3 is 0 Å². The highest BCUT2D eigenvalue weighted by molar-refractivity contribution is 5.12. The number of nitrogens with one attached hydrogen (secondary N) is 1. The van der Waals surface area contributed by atoms with Gasteiger partial charge < -0.3 is 5.32 Å². The Morgan fingerprint density at radius 2 is 1.79 bits per heavy atom. The predicted octanol–water partition coefficient (Wildman–Crippen LogP) is 3.42. The zero-order chi connectivity index (χ0) is 13.7. The molecule has 1 N–H and O–H groups in total. The van der Waals surface area contributed by atoms with Crippen molar-refractivity contribution in [1.82, 2.24) is 10.2 Å². The van der Waals surface area contributed by atoms with Crippen molar-refractivity contribution in [2.45, 2.75) is 83.3 Å². The largest absolute Gasteiger partial charge is 0.308 e. The van der Waals surface area contributed by atoms with Gasteiger partial charge in [0.2, 0.25) is 0 Å². The van der Waals surface area contributed by atoms with Gasteiger partial charge in [0, 0.05) is 30.2 Å². The zero-order valence-electron chi connectivity index (χ0n) is 13.3. The molecule has 0 bridgehead atoms. The monoisotopic (exact) mass is 264 g/mol. The van der Waals surface area contributed by atoms with Crippen LogP contribution in [0.15, 0.2) is 0 Å². The van der Waals surface area contributed by atoms with Crippen LogP contribution in [0.25, 0.3) is 0 Å². The number of rotatable bonds is 5. The van der Waals surface area contributed by atoms with Crippen molar-refractivity contribution >= 4 is 0 Å². The molecule has 2 aliphatic carbocycles. The van der Waals surface area contributed by atoms with Crippen molar-refractivity contribution in [2.75, 3.05) is 13.1 Å². The maximum absolute atomic E-state index is 3.95. The van der Waals surface area contributed by atoms with Crippen molar-refractivity contribution in [3.05, 3.63) is 0 Å². The molecule has 0 spiro atoms. The lowest BCUT2D eigenvalue weighted by Gasteiger charge is -2.55. The van der Waals surface area contributed by atoms with Gasteiger partial charge in [-0.25, -0.2) is 0 Å². The lowest BCUT2D eigenvalue weighted by atomic mass is 9.81. The van der Waals surface area contributed by atoms with Crippen LogP contribution in [-0.2, 0) is 0 Å². The lowest BCUT2D eigenvalue weighted by Crippen LogP contribution is -2.71. The minimum absolute atomic E-state index is 0.385. The second-order valence-corrected chi connectivity index (χ2v) is 7.94. The zero-order valence-corrected chi connectivity index (χ0v) is 13.3. The van der Waals surface area contributed by atoms with E-state index in [1.165, 1.54) is 51.6 Å². The molecule has 3 atom stereocenters. The van der Waals surface area contributed by atoms with E-state index in [-0.39, 0.29) is 0 Å². The fourth-order valence-electron chi connectivity index (χ4n) is 4.38. The normalized spacial score (nSPS) is 42.3. The van der Waals surface area contributed by atoms with E-state index in [9.17, 15) is 0 Å². The summed E-state index contributed by atoms with van der Waals surface area (Å²) < 4.78 is 0. The molecule has 1 heterocycles. The molecule has 3 aliphatic rings. The summed E-state index contributed by atoms with van der Waals surface area (Å²) in [6, 6.07) is 0.746. The van der Waals surface area contributed by atoms with Crippen LogP contribution in [-0.4, -0.2) is 35.1 Å². The Hall–Kier alpha value is -0.0800. The van der Waals surface area contributed by atoms with E-state index in [0.29, 0.717) is 11.1 Å². The highest BCUT2D eigenvalue weighted by Gasteiger charge is 2.54. The summed E-state index contributed by atoms with van der Waals surface area (Å²) in [6.07, 6.45) is 8.45. The van der Waals surface area contributed by atoms with Crippen molar-refractivity contribution in [1.29, 1.82) is 0 Å². The third-order valence-corrected chi connectivity index (χ3v) is 6.18. The molecule has 0 aromatic carbocycles. The molecule has 0 radical (unpaired) electrons. The third-order valence-electron chi connectivity index (χ3n) is 6.18. The molecule has 0 amide bonds. The first kappa shape index (κ1) is 13.9. The van der Waals surface area contributed by atoms with Crippen LogP contribution < -0.4 is 5.32 Å². The molecule has 3 rings (SSSR count). The van der Waals surface area contributed by atoms with Gasteiger partial charge in [0.05, 0.1) is 0 Å². The first-order valence-corrected chi connectivity index (χ1v) is 8.51. The van der Waals surface area contributed by atoms with E-state index in [1.807, 2.05) is 0 Å². The lowest BCUT2D eigenvalue weighted by molar-refractivity contribution is -0.0294. The molecule has 1 saturated heterocycles. The molecule has 2 saturated carbocycles. The second kappa shape index (κ2) is 4.73. The standard InChI is InChI=1S/C17H32N2/c1-5-6-13(2)19-12-16(3,14-7-8-14)18-11-17(19,4)15-9-10-15/h13-15,18H,5-12H2,1-4H3. The predicted molar refractivity (Wildman–Crippen MR) is 81.3 cm³/mol. The molecule has 19 heavy (non-hydrogen) atoms. The average Bonchev–Trinajstić information content (AvgIpc) is 3.22. The van der Waals surface area contributed by atoms with Gasteiger partial charge in [-0.3, -0.25) is 4.90 Å². The van der Waals surface area contributed by atoms with Gasteiger partial charge in [0.25, 0.3) is 0 Å². The molecule has 3 fully saturated rings. The van der Waals surface area contributed by atoms with Crippen LogP contribution in [0.1, 0.15) is 66.2 Å². The summed E-state index contributed by atoms with van der Waals surface area (Å²) in [5, 5.41) is 3.95. The summed E-state index contributed by atoms with van der Waals surface area (Å²) in [5.41, 5.74) is 0.805. The molecule has 0 aromatic rings. The highest BCUT2D eigenvalue weighted by Crippen LogP contribution is 2.49. The maximum Gasteiger partial charge on any atom is 0.0337 e. The molecule has 3 unspecified atom stereocenters. The fraction of sp³-hybridized carbons (Fsp3) is 1.00. The van der Waals surface area contributed by atoms with Crippen molar-refractivity contribution in [3.8, 4) is 0 Å². The second-order valence-electron chi connectivity index (χ2n) is 7.94. The summed E-state index contributed by atoms with van der Waals surface area (Å²) in [7, 11) is 0. The van der Waals surface area contributed by atoms with Crippen LogP contribution in [0.3, 0.4) is 0 Å². The SMILES string of the molecule is CCCC(C)N1CC(C)(C2CC2)NCC1(C)C1CC1. The van der Waals surface area contributed by atoms with Crippen LogP contribution in [0.2, 0.25) is 0 Å². The Balaban J connectivity index is 1.78. The van der Waals surface area contributed by atoms with Crippen molar-refractivity contribution in [2.24, 2.45) is 11.8 Å². The smallest absolute Gasteiger partial charge is 0.0337 e. The summed E-state index contributed by atoms with van der Waals surface area (Å²) in [6.45, 7) is 12.3. The molecular weight excluding hydrogens is 232 g/mol. The van der Waals surface area contributed by atoms with Crippen LogP contribution in [0.4, 0.5) is 0 Å². The Morgan fingerprint density at radius 1 is 1.16 bits per heavy atom. The van der Waals surface area contributed by atoms with E-state index in [1.54, 1.807) is 0 Å².